The molecule has 0 aliphatic heterocycles. The Kier molecular flexibility index (Phi) is 2.47. The van der Waals surface area contributed by atoms with E-state index in [4.69, 9.17) is 0 Å². The standard InChI is InChI=1S/C8H12N2O2/c1-6-4-10(9-7(6)2)5-8(11)12-3/h4H,5H2,1-3H3. The number of methoxy groups -OCH3 is 1. The summed E-state index contributed by atoms with van der Waals surface area (Å²) in [5.41, 5.74) is 2.03. The van der Waals surface area contributed by atoms with Crippen molar-refractivity contribution in [2.45, 2.75) is 20.4 Å². The van der Waals surface area contributed by atoms with Gasteiger partial charge in [-0.2, -0.15) is 5.10 Å². The Hall–Kier alpha value is -1.32. The molecule has 66 valence electrons. The first-order chi connectivity index (χ1) is 5.63. The van der Waals surface area contributed by atoms with Gasteiger partial charge in [-0.1, -0.05) is 0 Å². The van der Waals surface area contributed by atoms with E-state index in [-0.39, 0.29) is 12.5 Å². The molecule has 0 aliphatic carbocycles. The molecule has 1 heterocycles. The lowest BCUT2D eigenvalue weighted by Gasteiger charge is -1.97. The lowest BCUT2D eigenvalue weighted by atomic mass is 10.3. The number of hydrogen-bond donors (Lipinski definition) is 0. The smallest absolute Gasteiger partial charge is 0.327 e. The molecule has 0 aromatic carbocycles. The van der Waals surface area contributed by atoms with Crippen molar-refractivity contribution >= 4 is 5.97 Å². The van der Waals surface area contributed by atoms with E-state index >= 15 is 0 Å². The van der Waals surface area contributed by atoms with Gasteiger partial charge < -0.3 is 4.74 Å². The Balaban J connectivity index is 2.70. The quantitative estimate of drug-likeness (QED) is 0.610. The fraction of sp³-hybridized carbons (Fsp3) is 0.500. The summed E-state index contributed by atoms with van der Waals surface area (Å²) in [5, 5.41) is 4.11. The van der Waals surface area contributed by atoms with Crippen LogP contribution < -0.4 is 0 Å². The average Bonchev–Trinajstić information content (AvgIpc) is 2.31. The highest BCUT2D eigenvalue weighted by atomic mass is 16.5. The number of ether oxygens (including phenoxy) is 1. The second kappa shape index (κ2) is 3.38. The van der Waals surface area contributed by atoms with Gasteiger partial charge in [0.1, 0.15) is 6.54 Å². The zero-order chi connectivity index (χ0) is 9.14. The third-order valence-corrected chi connectivity index (χ3v) is 1.71. The highest BCUT2D eigenvalue weighted by molar-refractivity contribution is 5.68. The summed E-state index contributed by atoms with van der Waals surface area (Å²) in [7, 11) is 1.37. The van der Waals surface area contributed by atoms with Crippen molar-refractivity contribution in [3.63, 3.8) is 0 Å². The van der Waals surface area contributed by atoms with Crippen LogP contribution in [0, 0.1) is 13.8 Å². The van der Waals surface area contributed by atoms with Crippen molar-refractivity contribution in [1.82, 2.24) is 9.78 Å². The fourth-order valence-corrected chi connectivity index (χ4v) is 0.895. The van der Waals surface area contributed by atoms with Gasteiger partial charge in [-0.3, -0.25) is 9.48 Å². The lowest BCUT2D eigenvalue weighted by Crippen LogP contribution is -2.11. The molecule has 0 saturated carbocycles. The van der Waals surface area contributed by atoms with Gasteiger partial charge in [0.25, 0.3) is 0 Å². The molecule has 0 bridgehead atoms. The molecule has 1 rings (SSSR count). The minimum Gasteiger partial charge on any atom is -0.468 e. The third-order valence-electron chi connectivity index (χ3n) is 1.71. The van der Waals surface area contributed by atoms with Crippen molar-refractivity contribution in [2.75, 3.05) is 7.11 Å². The molecule has 4 heteroatoms. The predicted molar refractivity (Wildman–Crippen MR) is 43.7 cm³/mol. The van der Waals surface area contributed by atoms with Crippen LogP contribution in [0.25, 0.3) is 0 Å². The van der Waals surface area contributed by atoms with E-state index in [1.807, 2.05) is 20.0 Å². The normalized spacial score (nSPS) is 9.92. The van der Waals surface area contributed by atoms with Gasteiger partial charge in [-0.15, -0.1) is 0 Å². The fourth-order valence-electron chi connectivity index (χ4n) is 0.895. The first kappa shape index (κ1) is 8.77. The molecule has 0 N–H and O–H groups in total. The van der Waals surface area contributed by atoms with E-state index in [1.165, 1.54) is 7.11 Å². The van der Waals surface area contributed by atoms with Crippen molar-refractivity contribution in [3.8, 4) is 0 Å². The minimum absolute atomic E-state index is 0.186. The monoisotopic (exact) mass is 168 g/mol. The van der Waals surface area contributed by atoms with E-state index in [9.17, 15) is 4.79 Å². The highest BCUT2D eigenvalue weighted by Gasteiger charge is 2.04. The van der Waals surface area contributed by atoms with Crippen LogP contribution in [0.5, 0.6) is 0 Å². The van der Waals surface area contributed by atoms with Crippen LogP contribution in [0.3, 0.4) is 0 Å². The molecule has 12 heavy (non-hydrogen) atoms. The molecule has 0 unspecified atom stereocenters. The number of carbonyl (C=O) groups excluding carboxylic acids is 1. The maximum Gasteiger partial charge on any atom is 0.327 e. The Morgan fingerprint density at radius 2 is 2.33 bits per heavy atom. The Labute approximate surface area is 71.1 Å². The maximum absolute atomic E-state index is 10.8. The summed E-state index contributed by atoms with van der Waals surface area (Å²) in [6, 6.07) is 0. The first-order valence-corrected chi connectivity index (χ1v) is 3.71. The summed E-state index contributed by atoms with van der Waals surface area (Å²) in [6.07, 6.45) is 1.83. The van der Waals surface area contributed by atoms with Crippen LogP contribution >= 0.6 is 0 Å². The van der Waals surface area contributed by atoms with Gasteiger partial charge in [0.2, 0.25) is 0 Å². The number of aromatic nitrogens is 2. The average molecular weight is 168 g/mol. The SMILES string of the molecule is COC(=O)Cn1cc(C)c(C)n1. The van der Waals surface area contributed by atoms with E-state index in [0.717, 1.165) is 11.3 Å². The van der Waals surface area contributed by atoms with Gasteiger partial charge in [-0.25, -0.2) is 0 Å². The summed E-state index contributed by atoms with van der Waals surface area (Å²) in [5.74, 6) is -0.280. The lowest BCUT2D eigenvalue weighted by molar-refractivity contribution is -0.141. The van der Waals surface area contributed by atoms with Crippen molar-refractivity contribution in [1.29, 1.82) is 0 Å². The topological polar surface area (TPSA) is 44.1 Å². The molecule has 0 fully saturated rings. The van der Waals surface area contributed by atoms with Gasteiger partial charge in [0, 0.05) is 6.20 Å². The molecular weight excluding hydrogens is 156 g/mol. The molecule has 1 aromatic rings. The van der Waals surface area contributed by atoms with Crippen molar-refractivity contribution < 1.29 is 9.53 Å². The van der Waals surface area contributed by atoms with Gasteiger partial charge in [0.15, 0.2) is 0 Å². The van der Waals surface area contributed by atoms with Crippen LogP contribution in [0.4, 0.5) is 0 Å². The second-order valence-corrected chi connectivity index (χ2v) is 2.67. The molecule has 0 radical (unpaired) electrons. The Morgan fingerprint density at radius 3 is 2.75 bits per heavy atom. The molecule has 0 spiro atoms. The zero-order valence-corrected chi connectivity index (χ0v) is 7.50. The van der Waals surface area contributed by atoms with Gasteiger partial charge >= 0.3 is 5.97 Å². The number of aryl methyl sites for hydroxylation is 2. The Bertz CT molecular complexity index is 272. The molecule has 0 atom stereocenters. The summed E-state index contributed by atoms with van der Waals surface area (Å²) >= 11 is 0. The molecule has 0 aliphatic rings. The van der Waals surface area contributed by atoms with Crippen LogP contribution in [0.1, 0.15) is 11.3 Å². The van der Waals surface area contributed by atoms with E-state index in [1.54, 1.807) is 4.68 Å². The molecular formula is C8H12N2O2. The second-order valence-electron chi connectivity index (χ2n) is 2.67. The summed E-state index contributed by atoms with van der Waals surface area (Å²) < 4.78 is 6.08. The number of carbonyl (C=O) groups is 1. The maximum atomic E-state index is 10.8. The number of hydrogen-bond acceptors (Lipinski definition) is 3. The molecule has 0 saturated heterocycles. The summed E-state index contributed by atoms with van der Waals surface area (Å²) in [4.78, 5) is 10.8. The molecule has 4 nitrogen and oxygen atoms in total. The van der Waals surface area contributed by atoms with Gasteiger partial charge in [0.05, 0.1) is 12.8 Å². The number of nitrogens with zero attached hydrogens (tertiary/aromatic N) is 2. The van der Waals surface area contributed by atoms with Crippen LogP contribution in [-0.4, -0.2) is 22.9 Å². The highest BCUT2D eigenvalue weighted by Crippen LogP contribution is 2.02. The zero-order valence-electron chi connectivity index (χ0n) is 7.50. The van der Waals surface area contributed by atoms with Gasteiger partial charge in [-0.05, 0) is 19.4 Å². The van der Waals surface area contributed by atoms with E-state index in [2.05, 4.69) is 9.84 Å². The van der Waals surface area contributed by atoms with Crippen molar-refractivity contribution in [3.05, 3.63) is 17.5 Å². The molecule has 0 amide bonds. The molecule has 1 aromatic heterocycles. The van der Waals surface area contributed by atoms with E-state index < -0.39 is 0 Å². The first-order valence-electron chi connectivity index (χ1n) is 3.71. The van der Waals surface area contributed by atoms with Crippen LogP contribution in [0.2, 0.25) is 0 Å². The van der Waals surface area contributed by atoms with Crippen LogP contribution in [0.15, 0.2) is 6.20 Å². The van der Waals surface area contributed by atoms with Crippen LogP contribution in [-0.2, 0) is 16.1 Å². The number of rotatable bonds is 2. The summed E-state index contributed by atoms with van der Waals surface area (Å²) in [6.45, 7) is 4.05. The Morgan fingerprint density at radius 1 is 1.67 bits per heavy atom. The van der Waals surface area contributed by atoms with E-state index in [0.29, 0.717) is 0 Å². The predicted octanol–water partition coefficient (Wildman–Crippen LogP) is 0.673. The minimum atomic E-state index is -0.280. The van der Waals surface area contributed by atoms with Crippen molar-refractivity contribution in [2.24, 2.45) is 0 Å². The largest absolute Gasteiger partial charge is 0.468 e. The third kappa shape index (κ3) is 1.84. The number of esters is 1.